The highest BCUT2D eigenvalue weighted by Gasteiger charge is 2.29. The lowest BCUT2D eigenvalue weighted by Gasteiger charge is -2.16. The Morgan fingerprint density at radius 3 is 2.17 bits per heavy atom. The van der Waals surface area contributed by atoms with Gasteiger partial charge in [0.25, 0.3) is 10.0 Å². The second-order valence-electron chi connectivity index (χ2n) is 5.24. The van der Waals surface area contributed by atoms with Crippen LogP contribution in [0.25, 0.3) is 0 Å². The number of nitrogens with zero attached hydrogens (tertiary/aromatic N) is 1. The van der Waals surface area contributed by atoms with E-state index < -0.39 is 14.8 Å². The van der Waals surface area contributed by atoms with E-state index in [1.165, 1.54) is 0 Å². The van der Waals surface area contributed by atoms with Gasteiger partial charge in [0.2, 0.25) is 0 Å². The summed E-state index contributed by atoms with van der Waals surface area (Å²) in [6, 6.07) is 9.49. The normalized spacial score (nSPS) is 13.7. The monoisotopic (exact) mass is 267 g/mol. The van der Waals surface area contributed by atoms with Crippen molar-refractivity contribution in [3.8, 4) is 0 Å². The zero-order chi connectivity index (χ0) is 13.8. The predicted molar refractivity (Wildman–Crippen MR) is 76.6 cm³/mol. The summed E-state index contributed by atoms with van der Waals surface area (Å²) in [4.78, 5) is 0. The summed E-state index contributed by atoms with van der Waals surface area (Å²) in [5.41, 5.74) is 1.53. The molecule has 0 radical (unpaired) electrons. The van der Waals surface area contributed by atoms with Gasteiger partial charge in [-0.05, 0) is 32.8 Å². The van der Waals surface area contributed by atoms with Gasteiger partial charge in [-0.15, -0.1) is 0 Å². The highest BCUT2D eigenvalue weighted by molar-refractivity contribution is 7.91. The topological polar surface area (TPSA) is 46.5 Å². The van der Waals surface area contributed by atoms with E-state index in [1.807, 2.05) is 37.3 Å². The fraction of sp³-hybridized carbons (Fsp3) is 0.500. The van der Waals surface area contributed by atoms with Crippen molar-refractivity contribution in [1.82, 2.24) is 0 Å². The molecule has 1 aromatic carbocycles. The third-order valence-electron chi connectivity index (χ3n) is 2.60. The summed E-state index contributed by atoms with van der Waals surface area (Å²) in [6.45, 7) is 7.02. The largest absolute Gasteiger partial charge is 0.258 e. The standard InChI is InChI=1S/C14H21NO2S/c1-5-9-13(12-10-7-6-8-11-12)15-18(16,17)14(2,3)4/h6-8,10-11H,5,9H2,1-4H3/b15-13+. The van der Waals surface area contributed by atoms with Gasteiger partial charge in [-0.25, -0.2) is 8.42 Å². The molecule has 0 aliphatic heterocycles. The molecule has 0 aromatic heterocycles. The molecule has 100 valence electrons. The zero-order valence-corrected chi connectivity index (χ0v) is 12.3. The average molecular weight is 267 g/mol. The average Bonchev–Trinajstić information content (AvgIpc) is 2.28. The van der Waals surface area contributed by atoms with Crippen molar-refractivity contribution in [2.75, 3.05) is 0 Å². The molecule has 0 aliphatic carbocycles. The smallest absolute Gasteiger partial charge is 0.204 e. The minimum atomic E-state index is -3.48. The third-order valence-corrected chi connectivity index (χ3v) is 4.61. The van der Waals surface area contributed by atoms with Crippen LogP contribution in [-0.4, -0.2) is 18.9 Å². The van der Waals surface area contributed by atoms with Gasteiger partial charge in [-0.1, -0.05) is 43.7 Å². The Morgan fingerprint density at radius 2 is 1.72 bits per heavy atom. The van der Waals surface area contributed by atoms with Crippen LogP contribution in [-0.2, 0) is 10.0 Å². The number of rotatable bonds is 4. The molecule has 3 nitrogen and oxygen atoms in total. The fourth-order valence-electron chi connectivity index (χ4n) is 1.39. The molecule has 0 bridgehead atoms. The SMILES string of the molecule is CCC/C(=N\S(=O)(=O)C(C)(C)C)c1ccccc1. The fourth-order valence-corrected chi connectivity index (χ4v) is 2.15. The van der Waals surface area contributed by atoms with E-state index in [-0.39, 0.29) is 0 Å². The van der Waals surface area contributed by atoms with Crippen LogP contribution >= 0.6 is 0 Å². The Kier molecular flexibility index (Phi) is 4.68. The van der Waals surface area contributed by atoms with Gasteiger partial charge in [0.05, 0.1) is 10.5 Å². The van der Waals surface area contributed by atoms with E-state index in [0.717, 1.165) is 12.0 Å². The van der Waals surface area contributed by atoms with Crippen LogP contribution in [0.2, 0.25) is 0 Å². The molecule has 0 saturated carbocycles. The van der Waals surface area contributed by atoms with Gasteiger partial charge in [0, 0.05) is 0 Å². The molecule has 0 aliphatic rings. The van der Waals surface area contributed by atoms with Crippen molar-refractivity contribution in [2.45, 2.75) is 45.3 Å². The second-order valence-corrected chi connectivity index (χ2v) is 7.60. The first kappa shape index (κ1) is 14.9. The summed E-state index contributed by atoms with van der Waals surface area (Å²) in [6.07, 6.45) is 1.53. The van der Waals surface area contributed by atoms with E-state index in [9.17, 15) is 8.42 Å². The van der Waals surface area contributed by atoms with Crippen LogP contribution in [0.15, 0.2) is 34.7 Å². The Balaban J connectivity index is 3.23. The van der Waals surface area contributed by atoms with Crippen molar-refractivity contribution in [2.24, 2.45) is 4.40 Å². The van der Waals surface area contributed by atoms with Gasteiger partial charge >= 0.3 is 0 Å². The maximum Gasteiger partial charge on any atom is 0.258 e. The molecule has 4 heteroatoms. The van der Waals surface area contributed by atoms with Crippen molar-refractivity contribution >= 4 is 15.7 Å². The van der Waals surface area contributed by atoms with Crippen molar-refractivity contribution in [3.63, 3.8) is 0 Å². The molecule has 0 amide bonds. The first-order chi connectivity index (χ1) is 8.28. The van der Waals surface area contributed by atoms with Crippen LogP contribution in [0.3, 0.4) is 0 Å². The van der Waals surface area contributed by atoms with Crippen LogP contribution in [0.4, 0.5) is 0 Å². The summed E-state index contributed by atoms with van der Waals surface area (Å²) < 4.78 is 27.4. The van der Waals surface area contributed by atoms with Crippen molar-refractivity contribution in [3.05, 3.63) is 35.9 Å². The molecule has 1 rings (SSSR count). The molecule has 0 saturated heterocycles. The second kappa shape index (κ2) is 5.65. The lowest BCUT2D eigenvalue weighted by Crippen LogP contribution is -2.27. The minimum Gasteiger partial charge on any atom is -0.204 e. The van der Waals surface area contributed by atoms with E-state index in [4.69, 9.17) is 0 Å². The quantitative estimate of drug-likeness (QED) is 0.785. The van der Waals surface area contributed by atoms with Crippen LogP contribution in [0.1, 0.15) is 46.1 Å². The van der Waals surface area contributed by atoms with Gasteiger partial charge in [0.15, 0.2) is 0 Å². The van der Waals surface area contributed by atoms with E-state index in [0.29, 0.717) is 12.1 Å². The zero-order valence-electron chi connectivity index (χ0n) is 11.5. The van der Waals surface area contributed by atoms with E-state index >= 15 is 0 Å². The highest BCUT2D eigenvalue weighted by Crippen LogP contribution is 2.19. The summed E-state index contributed by atoms with van der Waals surface area (Å²) >= 11 is 0. The molecule has 0 atom stereocenters. The third kappa shape index (κ3) is 3.67. The molecule has 0 heterocycles. The maximum atomic E-state index is 12.1. The summed E-state index contributed by atoms with van der Waals surface area (Å²) in [5, 5.41) is 0. The maximum absolute atomic E-state index is 12.1. The molecule has 18 heavy (non-hydrogen) atoms. The van der Waals surface area contributed by atoms with Gasteiger partial charge in [-0.3, -0.25) is 0 Å². The summed E-state index contributed by atoms with van der Waals surface area (Å²) in [7, 11) is -3.48. The first-order valence-corrected chi connectivity index (χ1v) is 7.61. The van der Waals surface area contributed by atoms with Gasteiger partial charge in [0.1, 0.15) is 0 Å². The molecule has 0 N–H and O–H groups in total. The molecule has 1 aromatic rings. The first-order valence-electron chi connectivity index (χ1n) is 6.16. The number of hydrogen-bond donors (Lipinski definition) is 0. The summed E-state index contributed by atoms with van der Waals surface area (Å²) in [5.74, 6) is 0. The van der Waals surface area contributed by atoms with E-state index in [2.05, 4.69) is 4.40 Å². The van der Waals surface area contributed by atoms with Gasteiger partial charge < -0.3 is 0 Å². The Labute approximate surface area is 110 Å². The number of sulfonamides is 1. The predicted octanol–water partition coefficient (Wildman–Crippen LogP) is 3.40. The molecular weight excluding hydrogens is 246 g/mol. The molecular formula is C14H21NO2S. The van der Waals surface area contributed by atoms with Crippen LogP contribution < -0.4 is 0 Å². The van der Waals surface area contributed by atoms with Crippen LogP contribution in [0, 0.1) is 0 Å². The highest BCUT2D eigenvalue weighted by atomic mass is 32.2. The van der Waals surface area contributed by atoms with Crippen LogP contribution in [0.5, 0.6) is 0 Å². The van der Waals surface area contributed by atoms with E-state index in [1.54, 1.807) is 20.8 Å². The lowest BCUT2D eigenvalue weighted by molar-refractivity contribution is 0.562. The number of benzene rings is 1. The Hall–Kier alpha value is -1.16. The molecule has 0 fully saturated rings. The van der Waals surface area contributed by atoms with Gasteiger partial charge in [-0.2, -0.15) is 4.40 Å². The van der Waals surface area contributed by atoms with Crippen molar-refractivity contribution in [1.29, 1.82) is 0 Å². The molecule has 0 unspecified atom stereocenters. The number of hydrogen-bond acceptors (Lipinski definition) is 2. The Morgan fingerprint density at radius 1 is 1.17 bits per heavy atom. The van der Waals surface area contributed by atoms with Crippen molar-refractivity contribution < 1.29 is 8.42 Å². The minimum absolute atomic E-state index is 0.646. The molecule has 0 spiro atoms. The lowest BCUT2D eigenvalue weighted by atomic mass is 10.1. The Bertz CT molecular complexity index is 510.